The minimum Gasteiger partial charge on any atom is -0.492 e. The molecule has 2 N–H and O–H groups in total. The minimum atomic E-state index is -0.168. The highest BCUT2D eigenvalue weighted by atomic mass is 32.1. The standard InChI is InChI=1S/C17H17N7O2S/c1-4-26-12-6-10-9(7-20-23-10)5-11(12)21-14-13-15(19-8-18-14)27-16(22-13)17(25)24(2)3/h5-8H,4H2,1-3H3,(H,20,23)(H,18,19,21). The van der Waals surface area contributed by atoms with Crippen molar-refractivity contribution in [1.82, 2.24) is 30.0 Å². The molecule has 0 fully saturated rings. The number of hydrogen-bond donors (Lipinski definition) is 2. The second-order valence-corrected chi connectivity index (χ2v) is 6.94. The molecule has 1 amide bonds. The number of anilines is 2. The number of fused-ring (bicyclic) bond motifs is 2. The molecule has 3 aromatic heterocycles. The topological polar surface area (TPSA) is 109 Å². The van der Waals surface area contributed by atoms with Gasteiger partial charge < -0.3 is 15.0 Å². The molecule has 4 aromatic rings. The Morgan fingerprint density at radius 2 is 2.19 bits per heavy atom. The summed E-state index contributed by atoms with van der Waals surface area (Å²) in [5.41, 5.74) is 2.16. The molecule has 0 bridgehead atoms. The summed E-state index contributed by atoms with van der Waals surface area (Å²) >= 11 is 1.24. The number of nitrogens with zero attached hydrogens (tertiary/aromatic N) is 5. The average Bonchev–Trinajstić information content (AvgIpc) is 3.28. The molecule has 138 valence electrons. The van der Waals surface area contributed by atoms with Crippen LogP contribution in [0, 0.1) is 0 Å². The molecule has 0 aliphatic rings. The molecule has 0 aliphatic heterocycles. The van der Waals surface area contributed by atoms with Crippen molar-refractivity contribution >= 4 is 50.0 Å². The number of carbonyl (C=O) groups excluding carboxylic acids is 1. The molecular weight excluding hydrogens is 366 g/mol. The summed E-state index contributed by atoms with van der Waals surface area (Å²) in [5, 5.41) is 11.6. The summed E-state index contributed by atoms with van der Waals surface area (Å²) in [6.45, 7) is 2.44. The molecule has 0 aliphatic carbocycles. The molecule has 10 heteroatoms. The van der Waals surface area contributed by atoms with Gasteiger partial charge in [0.05, 0.1) is 24.0 Å². The van der Waals surface area contributed by atoms with Gasteiger partial charge in [0.25, 0.3) is 5.91 Å². The maximum atomic E-state index is 12.2. The molecule has 1 aromatic carbocycles. The molecule has 0 radical (unpaired) electrons. The van der Waals surface area contributed by atoms with Crippen molar-refractivity contribution in [2.24, 2.45) is 0 Å². The molecule has 0 saturated carbocycles. The average molecular weight is 383 g/mol. The Balaban J connectivity index is 1.78. The van der Waals surface area contributed by atoms with Gasteiger partial charge in [0.1, 0.15) is 22.4 Å². The van der Waals surface area contributed by atoms with Gasteiger partial charge in [0.2, 0.25) is 0 Å². The van der Waals surface area contributed by atoms with Crippen LogP contribution in [0.3, 0.4) is 0 Å². The number of aromatic nitrogens is 5. The van der Waals surface area contributed by atoms with Gasteiger partial charge in [-0.15, -0.1) is 0 Å². The fraction of sp³-hybridized carbons (Fsp3) is 0.235. The second kappa shape index (κ2) is 6.80. The third-order valence-corrected chi connectivity index (χ3v) is 4.83. The zero-order valence-corrected chi connectivity index (χ0v) is 15.8. The van der Waals surface area contributed by atoms with Crippen LogP contribution >= 0.6 is 11.3 Å². The van der Waals surface area contributed by atoms with E-state index in [0.29, 0.717) is 33.5 Å². The van der Waals surface area contributed by atoms with Crippen LogP contribution < -0.4 is 10.1 Å². The van der Waals surface area contributed by atoms with Crippen molar-refractivity contribution < 1.29 is 9.53 Å². The highest BCUT2D eigenvalue weighted by Crippen LogP contribution is 2.34. The number of benzene rings is 1. The largest absolute Gasteiger partial charge is 0.492 e. The van der Waals surface area contributed by atoms with E-state index in [1.54, 1.807) is 20.3 Å². The Labute approximate surface area is 158 Å². The van der Waals surface area contributed by atoms with Crippen molar-refractivity contribution in [1.29, 1.82) is 0 Å². The van der Waals surface area contributed by atoms with Crippen LogP contribution in [0.25, 0.3) is 21.3 Å². The summed E-state index contributed by atoms with van der Waals surface area (Å²) in [7, 11) is 3.38. The number of aromatic amines is 1. The first kappa shape index (κ1) is 17.2. The van der Waals surface area contributed by atoms with Crippen molar-refractivity contribution in [2.75, 3.05) is 26.0 Å². The summed E-state index contributed by atoms with van der Waals surface area (Å²) in [5.74, 6) is 1.01. The van der Waals surface area contributed by atoms with E-state index >= 15 is 0 Å². The Bertz CT molecular complexity index is 1130. The third kappa shape index (κ3) is 3.14. The lowest BCUT2D eigenvalue weighted by atomic mass is 10.2. The number of rotatable bonds is 5. The normalized spacial score (nSPS) is 11.1. The Hall–Kier alpha value is -3.27. The number of ether oxygens (including phenoxy) is 1. The number of hydrogen-bond acceptors (Lipinski definition) is 8. The van der Waals surface area contributed by atoms with Gasteiger partial charge in [-0.25, -0.2) is 15.0 Å². The molecule has 0 atom stereocenters. The number of H-pyrrole nitrogens is 1. The minimum absolute atomic E-state index is 0.168. The maximum Gasteiger partial charge on any atom is 0.282 e. The smallest absolute Gasteiger partial charge is 0.282 e. The number of carbonyl (C=O) groups is 1. The molecule has 9 nitrogen and oxygen atoms in total. The number of nitrogens with one attached hydrogen (secondary N) is 2. The van der Waals surface area contributed by atoms with E-state index in [0.717, 1.165) is 16.6 Å². The third-order valence-electron chi connectivity index (χ3n) is 3.88. The fourth-order valence-electron chi connectivity index (χ4n) is 2.60. The van der Waals surface area contributed by atoms with Crippen LogP contribution in [0.5, 0.6) is 5.75 Å². The first-order chi connectivity index (χ1) is 13.1. The Morgan fingerprint density at radius 1 is 1.33 bits per heavy atom. The zero-order chi connectivity index (χ0) is 19.0. The molecule has 0 unspecified atom stereocenters. The lowest BCUT2D eigenvalue weighted by Crippen LogP contribution is -2.21. The van der Waals surface area contributed by atoms with Crippen molar-refractivity contribution in [3.05, 3.63) is 29.7 Å². The Kier molecular flexibility index (Phi) is 4.32. The predicted molar refractivity (Wildman–Crippen MR) is 104 cm³/mol. The highest BCUT2D eigenvalue weighted by Gasteiger charge is 2.18. The van der Waals surface area contributed by atoms with Gasteiger partial charge in [-0.2, -0.15) is 5.10 Å². The molecule has 0 saturated heterocycles. The van der Waals surface area contributed by atoms with E-state index < -0.39 is 0 Å². The van der Waals surface area contributed by atoms with Gasteiger partial charge >= 0.3 is 0 Å². The zero-order valence-electron chi connectivity index (χ0n) is 15.0. The summed E-state index contributed by atoms with van der Waals surface area (Å²) in [4.78, 5) is 27.3. The van der Waals surface area contributed by atoms with E-state index in [1.807, 2.05) is 19.1 Å². The van der Waals surface area contributed by atoms with E-state index in [1.165, 1.54) is 22.6 Å². The SMILES string of the molecule is CCOc1cc2[nH]ncc2cc1Nc1ncnc2sc(C(=O)N(C)C)nc12. The van der Waals surface area contributed by atoms with Crippen molar-refractivity contribution in [3.63, 3.8) is 0 Å². The molecule has 0 spiro atoms. The van der Waals surface area contributed by atoms with Gasteiger partial charge in [0.15, 0.2) is 10.8 Å². The molecular formula is C17H17N7O2S. The van der Waals surface area contributed by atoms with Crippen LogP contribution in [0.2, 0.25) is 0 Å². The van der Waals surface area contributed by atoms with Crippen molar-refractivity contribution in [3.8, 4) is 5.75 Å². The van der Waals surface area contributed by atoms with E-state index in [2.05, 4.69) is 30.5 Å². The van der Waals surface area contributed by atoms with Gasteiger partial charge in [-0.3, -0.25) is 9.89 Å². The molecule has 27 heavy (non-hydrogen) atoms. The van der Waals surface area contributed by atoms with Crippen LogP contribution in [0.4, 0.5) is 11.5 Å². The summed E-state index contributed by atoms with van der Waals surface area (Å²) in [6, 6.07) is 3.81. The Morgan fingerprint density at radius 3 is 2.96 bits per heavy atom. The van der Waals surface area contributed by atoms with Crippen molar-refractivity contribution in [2.45, 2.75) is 6.92 Å². The predicted octanol–water partition coefficient (Wildman–Crippen LogP) is 2.81. The van der Waals surface area contributed by atoms with Crippen LogP contribution in [0.1, 0.15) is 16.7 Å². The van der Waals surface area contributed by atoms with Crippen LogP contribution in [-0.4, -0.2) is 56.7 Å². The quantitative estimate of drug-likeness (QED) is 0.545. The monoisotopic (exact) mass is 383 g/mol. The van der Waals surface area contributed by atoms with E-state index in [4.69, 9.17) is 4.74 Å². The molecule has 4 rings (SSSR count). The second-order valence-electron chi connectivity index (χ2n) is 5.96. The van der Waals surface area contributed by atoms with Gasteiger partial charge in [0, 0.05) is 25.5 Å². The van der Waals surface area contributed by atoms with Crippen LogP contribution in [-0.2, 0) is 0 Å². The first-order valence-corrected chi connectivity index (χ1v) is 9.08. The number of amides is 1. The summed E-state index contributed by atoms with van der Waals surface area (Å²) < 4.78 is 5.74. The van der Waals surface area contributed by atoms with E-state index in [9.17, 15) is 4.79 Å². The first-order valence-electron chi connectivity index (χ1n) is 8.27. The lowest BCUT2D eigenvalue weighted by Gasteiger charge is -2.12. The lowest BCUT2D eigenvalue weighted by molar-refractivity contribution is 0.0827. The maximum absolute atomic E-state index is 12.2. The summed E-state index contributed by atoms with van der Waals surface area (Å²) in [6.07, 6.45) is 3.19. The van der Waals surface area contributed by atoms with Gasteiger partial charge in [-0.1, -0.05) is 11.3 Å². The molecule has 3 heterocycles. The number of thiazole rings is 1. The van der Waals surface area contributed by atoms with Gasteiger partial charge in [-0.05, 0) is 13.0 Å². The highest BCUT2D eigenvalue weighted by molar-refractivity contribution is 7.19. The van der Waals surface area contributed by atoms with Crippen LogP contribution in [0.15, 0.2) is 24.7 Å². The fourth-order valence-corrected chi connectivity index (χ4v) is 3.53. The van der Waals surface area contributed by atoms with E-state index in [-0.39, 0.29) is 5.91 Å².